The maximum absolute atomic E-state index is 8.77. The van der Waals surface area contributed by atoms with E-state index in [2.05, 4.69) is 6.92 Å². The van der Waals surface area contributed by atoms with Crippen LogP contribution in [0, 0.1) is 11.8 Å². The zero-order chi connectivity index (χ0) is 9.40. The molecule has 0 aliphatic heterocycles. The lowest BCUT2D eigenvalue weighted by Crippen LogP contribution is -2.18. The van der Waals surface area contributed by atoms with Crippen molar-refractivity contribution < 1.29 is 10.2 Å². The van der Waals surface area contributed by atoms with Crippen LogP contribution in [0.3, 0.4) is 0 Å². The van der Waals surface area contributed by atoms with Crippen LogP contribution < -0.4 is 5.73 Å². The van der Waals surface area contributed by atoms with Gasteiger partial charge in [-0.15, -0.1) is 0 Å². The van der Waals surface area contributed by atoms with E-state index in [1.807, 2.05) is 0 Å². The predicted octanol–water partition coefficient (Wildman–Crippen LogP) is 0.352. The van der Waals surface area contributed by atoms with E-state index in [0.29, 0.717) is 18.4 Å². The summed E-state index contributed by atoms with van der Waals surface area (Å²) in [6.07, 6.45) is 2.54. The van der Waals surface area contributed by atoms with Crippen LogP contribution in [-0.4, -0.2) is 30.0 Å². The Morgan fingerprint density at radius 1 is 1.08 bits per heavy atom. The first kappa shape index (κ1) is 11.9. The molecule has 1 unspecified atom stereocenters. The number of aliphatic hydroxyl groups is 2. The van der Waals surface area contributed by atoms with Crippen molar-refractivity contribution in [3.8, 4) is 0 Å². The predicted molar refractivity (Wildman–Crippen MR) is 49.7 cm³/mol. The minimum Gasteiger partial charge on any atom is -0.396 e. The smallest absolute Gasteiger partial charge is 0.0433 e. The van der Waals surface area contributed by atoms with Crippen LogP contribution in [0.4, 0.5) is 0 Å². The van der Waals surface area contributed by atoms with E-state index >= 15 is 0 Å². The van der Waals surface area contributed by atoms with Crippen LogP contribution in [0.25, 0.3) is 0 Å². The third kappa shape index (κ3) is 4.70. The van der Waals surface area contributed by atoms with Gasteiger partial charge in [0.25, 0.3) is 0 Å². The Morgan fingerprint density at radius 3 is 1.92 bits per heavy atom. The van der Waals surface area contributed by atoms with Gasteiger partial charge in [-0.25, -0.2) is 0 Å². The minimum atomic E-state index is 0.208. The van der Waals surface area contributed by atoms with Crippen molar-refractivity contribution in [2.24, 2.45) is 17.6 Å². The quantitative estimate of drug-likeness (QED) is 0.523. The fraction of sp³-hybridized carbons (Fsp3) is 1.00. The molecule has 0 aromatic rings. The highest BCUT2D eigenvalue weighted by atomic mass is 16.3. The van der Waals surface area contributed by atoms with E-state index in [1.54, 1.807) is 0 Å². The summed E-state index contributed by atoms with van der Waals surface area (Å²) >= 11 is 0. The van der Waals surface area contributed by atoms with Gasteiger partial charge < -0.3 is 15.9 Å². The summed E-state index contributed by atoms with van der Waals surface area (Å²) in [5.41, 5.74) is 5.43. The zero-order valence-corrected chi connectivity index (χ0v) is 7.87. The Bertz CT molecular complexity index is 92.5. The maximum atomic E-state index is 8.77. The average molecular weight is 175 g/mol. The highest BCUT2D eigenvalue weighted by molar-refractivity contribution is 4.66. The first-order valence-corrected chi connectivity index (χ1v) is 4.68. The second-order valence-electron chi connectivity index (χ2n) is 3.34. The van der Waals surface area contributed by atoms with Gasteiger partial charge in [0.15, 0.2) is 0 Å². The Kier molecular flexibility index (Phi) is 7.45. The minimum absolute atomic E-state index is 0.208. The molecule has 1 atom stereocenters. The monoisotopic (exact) mass is 175 g/mol. The van der Waals surface area contributed by atoms with Crippen molar-refractivity contribution in [2.45, 2.75) is 26.2 Å². The summed E-state index contributed by atoms with van der Waals surface area (Å²) in [7, 11) is 0. The van der Waals surface area contributed by atoms with E-state index in [0.717, 1.165) is 19.3 Å². The maximum Gasteiger partial charge on any atom is 0.0433 e. The summed E-state index contributed by atoms with van der Waals surface area (Å²) in [5.74, 6) is 0.929. The molecule has 0 aromatic heterocycles. The number of hydrogen-bond acceptors (Lipinski definition) is 3. The second kappa shape index (κ2) is 7.53. The molecule has 0 saturated carbocycles. The number of rotatable bonds is 7. The normalized spacial score (nSPS) is 13.8. The summed E-state index contributed by atoms with van der Waals surface area (Å²) in [4.78, 5) is 0. The fourth-order valence-corrected chi connectivity index (χ4v) is 1.54. The third-order valence-corrected chi connectivity index (χ3v) is 2.43. The first-order chi connectivity index (χ1) is 5.76. The van der Waals surface area contributed by atoms with Gasteiger partial charge in [-0.2, -0.15) is 0 Å². The molecule has 3 nitrogen and oxygen atoms in total. The van der Waals surface area contributed by atoms with Crippen LogP contribution in [0.1, 0.15) is 26.2 Å². The van der Waals surface area contributed by atoms with Crippen LogP contribution >= 0.6 is 0 Å². The standard InChI is InChI=1S/C9H21NO2/c1-8(2-5-10)9(3-6-11)4-7-12/h8-9,11-12H,2-7,10H2,1H3. The molecule has 0 fully saturated rings. The van der Waals surface area contributed by atoms with Crippen molar-refractivity contribution >= 4 is 0 Å². The van der Waals surface area contributed by atoms with Crippen molar-refractivity contribution in [2.75, 3.05) is 19.8 Å². The van der Waals surface area contributed by atoms with Crippen molar-refractivity contribution in [1.82, 2.24) is 0 Å². The number of aliphatic hydroxyl groups excluding tert-OH is 2. The summed E-state index contributed by atoms with van der Waals surface area (Å²) in [6.45, 7) is 3.23. The van der Waals surface area contributed by atoms with Gasteiger partial charge in [0, 0.05) is 13.2 Å². The Morgan fingerprint density at radius 2 is 1.58 bits per heavy atom. The number of nitrogens with two attached hydrogens (primary N) is 1. The summed E-state index contributed by atoms with van der Waals surface area (Å²) < 4.78 is 0. The van der Waals surface area contributed by atoms with E-state index in [4.69, 9.17) is 15.9 Å². The lowest BCUT2D eigenvalue weighted by atomic mass is 9.86. The molecule has 3 heteroatoms. The van der Waals surface area contributed by atoms with Gasteiger partial charge in [0.2, 0.25) is 0 Å². The van der Waals surface area contributed by atoms with Crippen molar-refractivity contribution in [3.63, 3.8) is 0 Å². The molecule has 74 valence electrons. The molecule has 0 aliphatic carbocycles. The average Bonchev–Trinajstić information content (AvgIpc) is 2.04. The van der Waals surface area contributed by atoms with Gasteiger partial charge in [0.1, 0.15) is 0 Å². The van der Waals surface area contributed by atoms with E-state index < -0.39 is 0 Å². The second-order valence-corrected chi connectivity index (χ2v) is 3.34. The SMILES string of the molecule is CC(CCN)C(CCO)CCO. The van der Waals surface area contributed by atoms with E-state index in [9.17, 15) is 0 Å². The first-order valence-electron chi connectivity index (χ1n) is 4.68. The van der Waals surface area contributed by atoms with Crippen LogP contribution in [0.2, 0.25) is 0 Å². The van der Waals surface area contributed by atoms with Gasteiger partial charge in [-0.3, -0.25) is 0 Å². The van der Waals surface area contributed by atoms with E-state index in [1.165, 1.54) is 0 Å². The van der Waals surface area contributed by atoms with Crippen molar-refractivity contribution in [3.05, 3.63) is 0 Å². The molecule has 0 amide bonds. The zero-order valence-electron chi connectivity index (χ0n) is 7.87. The molecular formula is C9H21NO2. The molecule has 0 bridgehead atoms. The van der Waals surface area contributed by atoms with Crippen LogP contribution in [0.15, 0.2) is 0 Å². The number of hydrogen-bond donors (Lipinski definition) is 3. The van der Waals surface area contributed by atoms with Gasteiger partial charge >= 0.3 is 0 Å². The summed E-state index contributed by atoms with van der Waals surface area (Å²) in [6, 6.07) is 0. The summed E-state index contributed by atoms with van der Waals surface area (Å²) in [5, 5.41) is 17.5. The Hall–Kier alpha value is -0.120. The van der Waals surface area contributed by atoms with Gasteiger partial charge in [-0.05, 0) is 37.6 Å². The highest BCUT2D eigenvalue weighted by Crippen LogP contribution is 2.21. The lowest BCUT2D eigenvalue weighted by molar-refractivity contribution is 0.178. The molecule has 0 heterocycles. The molecule has 12 heavy (non-hydrogen) atoms. The molecular weight excluding hydrogens is 154 g/mol. The molecule has 0 spiro atoms. The van der Waals surface area contributed by atoms with Crippen molar-refractivity contribution in [1.29, 1.82) is 0 Å². The van der Waals surface area contributed by atoms with E-state index in [-0.39, 0.29) is 13.2 Å². The molecule has 0 aliphatic rings. The molecule has 0 radical (unpaired) electrons. The lowest BCUT2D eigenvalue weighted by Gasteiger charge is -2.21. The van der Waals surface area contributed by atoms with Gasteiger partial charge in [0.05, 0.1) is 0 Å². The molecule has 0 saturated heterocycles. The van der Waals surface area contributed by atoms with Crippen LogP contribution in [0.5, 0.6) is 0 Å². The largest absolute Gasteiger partial charge is 0.396 e. The van der Waals surface area contributed by atoms with Crippen LogP contribution in [-0.2, 0) is 0 Å². The Balaban J connectivity index is 3.72. The Labute approximate surface area is 74.6 Å². The topological polar surface area (TPSA) is 66.5 Å². The third-order valence-electron chi connectivity index (χ3n) is 2.43. The fourth-order valence-electron chi connectivity index (χ4n) is 1.54. The molecule has 0 rings (SSSR count). The highest BCUT2D eigenvalue weighted by Gasteiger charge is 2.15. The van der Waals surface area contributed by atoms with Gasteiger partial charge in [-0.1, -0.05) is 6.92 Å². The molecule has 4 N–H and O–H groups in total. The molecule has 0 aromatic carbocycles.